The molecule has 3 heteroatoms. The average Bonchev–Trinajstić information content (AvgIpc) is 2.82. The molecular formula is C28H38O2V. The molecule has 0 bridgehead atoms. The number of hydrogen-bond donors (Lipinski definition) is 1. The zero-order chi connectivity index (χ0) is 22.6. The number of para-hydroxylation sites is 1. The van der Waals surface area contributed by atoms with Gasteiger partial charge in [-0.1, -0.05) is 107 Å². The summed E-state index contributed by atoms with van der Waals surface area (Å²) in [7, 11) is 1.00. The topological polar surface area (TPSA) is 29.5 Å². The molecule has 2 atom stereocenters. The SMILES string of the molecule is CC.CC.CC1(C)Oc2ccccc2C(c2ccccc2)C1c1ccccc1.CO.[V]. The van der Waals surface area contributed by atoms with Crippen LogP contribution in [0.15, 0.2) is 84.9 Å². The van der Waals surface area contributed by atoms with Gasteiger partial charge in [0.05, 0.1) is 0 Å². The van der Waals surface area contributed by atoms with Gasteiger partial charge in [-0.15, -0.1) is 0 Å². The summed E-state index contributed by atoms with van der Waals surface area (Å²) in [4.78, 5) is 0. The summed E-state index contributed by atoms with van der Waals surface area (Å²) >= 11 is 0. The maximum atomic E-state index is 7.00. The molecular weight excluding hydrogens is 419 g/mol. The van der Waals surface area contributed by atoms with Crippen LogP contribution in [0.25, 0.3) is 0 Å². The van der Waals surface area contributed by atoms with Crippen molar-refractivity contribution in [1.82, 2.24) is 0 Å². The molecule has 31 heavy (non-hydrogen) atoms. The number of fused-ring (bicyclic) bond motifs is 1. The zero-order valence-corrected chi connectivity index (χ0v) is 21.4. The van der Waals surface area contributed by atoms with Gasteiger partial charge in [0.15, 0.2) is 0 Å². The molecule has 1 heterocycles. The van der Waals surface area contributed by atoms with Crippen molar-refractivity contribution < 1.29 is 28.4 Å². The molecule has 0 aromatic heterocycles. The van der Waals surface area contributed by atoms with E-state index in [0.29, 0.717) is 0 Å². The maximum absolute atomic E-state index is 7.00. The Balaban J connectivity index is 0.00000119. The van der Waals surface area contributed by atoms with E-state index in [1.54, 1.807) is 0 Å². The van der Waals surface area contributed by atoms with Crippen molar-refractivity contribution in [3.63, 3.8) is 0 Å². The van der Waals surface area contributed by atoms with Crippen molar-refractivity contribution in [2.24, 2.45) is 0 Å². The van der Waals surface area contributed by atoms with Gasteiger partial charge in [-0.05, 0) is 31.0 Å². The Bertz CT molecular complexity index is 832. The van der Waals surface area contributed by atoms with E-state index in [0.717, 1.165) is 12.9 Å². The molecule has 0 saturated carbocycles. The molecule has 167 valence electrons. The molecule has 3 aromatic carbocycles. The molecule has 1 aliphatic heterocycles. The van der Waals surface area contributed by atoms with Gasteiger partial charge in [0.2, 0.25) is 0 Å². The Kier molecular flexibility index (Phi) is 14.0. The summed E-state index contributed by atoms with van der Waals surface area (Å²) in [6.45, 7) is 12.4. The van der Waals surface area contributed by atoms with Gasteiger partial charge in [-0.3, -0.25) is 0 Å². The van der Waals surface area contributed by atoms with E-state index < -0.39 is 0 Å². The molecule has 4 rings (SSSR count). The van der Waals surface area contributed by atoms with Gasteiger partial charge >= 0.3 is 0 Å². The molecule has 0 fully saturated rings. The summed E-state index contributed by atoms with van der Waals surface area (Å²) in [5, 5.41) is 7.00. The first-order chi connectivity index (χ1) is 14.7. The molecule has 0 spiro atoms. The van der Waals surface area contributed by atoms with Crippen LogP contribution < -0.4 is 4.74 Å². The zero-order valence-electron chi connectivity index (χ0n) is 20.0. The first-order valence-corrected chi connectivity index (χ1v) is 11.0. The standard InChI is InChI=1S/C23H22O.2C2H6.CH4O.V/c1-23(2)22(18-13-7-4-8-14-18)21(17-11-5-3-6-12-17)19-15-9-10-16-20(19)24-23;3*1-2;/h3-16,21-22H,1-2H3;2*1-2H3;2H,1H3;. The fourth-order valence-corrected chi connectivity index (χ4v) is 4.04. The molecule has 3 aromatic rings. The second-order valence-corrected chi connectivity index (χ2v) is 7.02. The number of aliphatic hydroxyl groups is 1. The summed E-state index contributed by atoms with van der Waals surface area (Å²) < 4.78 is 6.44. The third-order valence-electron chi connectivity index (χ3n) is 5.03. The minimum Gasteiger partial charge on any atom is -0.487 e. The predicted octanol–water partition coefficient (Wildman–Crippen LogP) is 7.43. The van der Waals surface area contributed by atoms with E-state index >= 15 is 0 Å². The quantitative estimate of drug-likeness (QED) is 0.434. The summed E-state index contributed by atoms with van der Waals surface area (Å²) in [5.74, 6) is 1.55. The van der Waals surface area contributed by atoms with Crippen LogP contribution >= 0.6 is 0 Å². The van der Waals surface area contributed by atoms with Gasteiger partial charge in [-0.25, -0.2) is 0 Å². The molecule has 2 unspecified atom stereocenters. The monoisotopic (exact) mass is 457 g/mol. The third kappa shape index (κ3) is 7.00. The Morgan fingerprint density at radius 3 is 1.58 bits per heavy atom. The Labute approximate surface area is 201 Å². The number of hydrogen-bond acceptors (Lipinski definition) is 2. The van der Waals surface area contributed by atoms with Gasteiger partial charge in [0, 0.05) is 43.1 Å². The summed E-state index contributed by atoms with van der Waals surface area (Å²) in [6, 6.07) is 30.0. The second-order valence-electron chi connectivity index (χ2n) is 7.02. The number of benzene rings is 3. The first-order valence-electron chi connectivity index (χ1n) is 11.0. The van der Waals surface area contributed by atoms with Crippen LogP contribution in [0, 0.1) is 0 Å². The minimum absolute atomic E-state index is 0. The van der Waals surface area contributed by atoms with E-state index in [4.69, 9.17) is 9.84 Å². The van der Waals surface area contributed by atoms with E-state index in [1.807, 2.05) is 27.7 Å². The predicted molar refractivity (Wildman–Crippen MR) is 129 cm³/mol. The largest absolute Gasteiger partial charge is 0.487 e. The van der Waals surface area contributed by atoms with Crippen LogP contribution in [0.4, 0.5) is 0 Å². The Morgan fingerprint density at radius 1 is 0.645 bits per heavy atom. The second kappa shape index (κ2) is 14.9. The molecule has 0 aliphatic carbocycles. The third-order valence-corrected chi connectivity index (χ3v) is 5.03. The van der Waals surface area contributed by atoms with Crippen molar-refractivity contribution in [1.29, 1.82) is 0 Å². The van der Waals surface area contributed by atoms with Gasteiger partial charge in [0.1, 0.15) is 11.4 Å². The smallest absolute Gasteiger partial charge is 0.123 e. The van der Waals surface area contributed by atoms with Gasteiger partial charge < -0.3 is 9.84 Å². The first kappa shape index (κ1) is 29.0. The van der Waals surface area contributed by atoms with Crippen molar-refractivity contribution >= 4 is 0 Å². The summed E-state index contributed by atoms with van der Waals surface area (Å²) in [6.07, 6.45) is 0. The van der Waals surface area contributed by atoms with E-state index in [9.17, 15) is 0 Å². The molecule has 0 amide bonds. The Hall–Kier alpha value is -2.00. The summed E-state index contributed by atoms with van der Waals surface area (Å²) in [5.41, 5.74) is 3.66. The van der Waals surface area contributed by atoms with Crippen LogP contribution in [0.3, 0.4) is 0 Å². The number of rotatable bonds is 2. The molecule has 1 aliphatic rings. The number of ether oxygens (including phenoxy) is 1. The van der Waals surface area contributed by atoms with Crippen molar-refractivity contribution in [2.45, 2.75) is 59.0 Å². The molecule has 1 N–H and O–H groups in total. The van der Waals surface area contributed by atoms with E-state index in [2.05, 4.69) is 98.8 Å². The van der Waals surface area contributed by atoms with Crippen LogP contribution in [0.5, 0.6) is 5.75 Å². The fourth-order valence-electron chi connectivity index (χ4n) is 4.04. The van der Waals surface area contributed by atoms with E-state index in [-0.39, 0.29) is 36.0 Å². The number of aliphatic hydroxyl groups excluding tert-OH is 1. The molecule has 1 radical (unpaired) electrons. The van der Waals surface area contributed by atoms with Crippen molar-refractivity contribution in [3.8, 4) is 5.75 Å². The normalized spacial score (nSPS) is 17.3. The van der Waals surface area contributed by atoms with Crippen molar-refractivity contribution in [2.75, 3.05) is 7.11 Å². The van der Waals surface area contributed by atoms with E-state index in [1.165, 1.54) is 16.7 Å². The van der Waals surface area contributed by atoms with Gasteiger partial charge in [-0.2, -0.15) is 0 Å². The molecule has 2 nitrogen and oxygen atoms in total. The maximum Gasteiger partial charge on any atom is 0.123 e. The fraction of sp³-hybridized carbons (Fsp3) is 0.357. The average molecular weight is 458 g/mol. The van der Waals surface area contributed by atoms with Crippen molar-refractivity contribution in [3.05, 3.63) is 102 Å². The van der Waals surface area contributed by atoms with Crippen LogP contribution in [0.2, 0.25) is 0 Å². The van der Waals surface area contributed by atoms with Crippen LogP contribution in [0.1, 0.15) is 70.1 Å². The van der Waals surface area contributed by atoms with Crippen LogP contribution in [-0.2, 0) is 18.6 Å². The van der Waals surface area contributed by atoms with Gasteiger partial charge in [0.25, 0.3) is 0 Å². The van der Waals surface area contributed by atoms with Crippen LogP contribution in [-0.4, -0.2) is 17.8 Å². The molecule has 0 saturated heterocycles. The Morgan fingerprint density at radius 2 is 1.06 bits per heavy atom. The minimum atomic E-state index is -0.282.